The number of hydrogen-bond donors (Lipinski definition) is 0. The molecule has 6 heteroatoms. The van der Waals surface area contributed by atoms with Crippen molar-refractivity contribution in [2.75, 3.05) is 26.8 Å². The molecule has 0 radical (unpaired) electrons. The summed E-state index contributed by atoms with van der Waals surface area (Å²) in [7, 11) is 1.69. The molecule has 1 aromatic rings. The van der Waals surface area contributed by atoms with Crippen LogP contribution in [0.5, 0.6) is 0 Å². The lowest BCUT2D eigenvalue weighted by atomic mass is 10.2. The highest BCUT2D eigenvalue weighted by Crippen LogP contribution is 2.40. The summed E-state index contributed by atoms with van der Waals surface area (Å²) in [4.78, 5) is 11.8. The van der Waals surface area contributed by atoms with Gasteiger partial charge in [-0.3, -0.25) is 4.79 Å². The van der Waals surface area contributed by atoms with Crippen LogP contribution in [0.15, 0.2) is 10.3 Å². The van der Waals surface area contributed by atoms with Crippen molar-refractivity contribution in [3.8, 4) is 0 Å². The van der Waals surface area contributed by atoms with E-state index in [2.05, 4.69) is 4.31 Å². The van der Waals surface area contributed by atoms with Crippen molar-refractivity contribution in [2.24, 2.45) is 0 Å². The summed E-state index contributed by atoms with van der Waals surface area (Å²) >= 11 is 9.00. The number of hydrogen-bond acceptors (Lipinski definition) is 5. The lowest BCUT2D eigenvalue weighted by molar-refractivity contribution is 0.0959. The summed E-state index contributed by atoms with van der Waals surface area (Å²) in [5.74, 6) is 0.161. The summed E-state index contributed by atoms with van der Waals surface area (Å²) in [5.41, 5.74) is 0.781. The minimum Gasteiger partial charge on any atom is -0.385 e. The number of halogens is 1. The van der Waals surface area contributed by atoms with Gasteiger partial charge >= 0.3 is 0 Å². The van der Waals surface area contributed by atoms with Crippen LogP contribution in [0.2, 0.25) is 4.34 Å². The van der Waals surface area contributed by atoms with Crippen molar-refractivity contribution in [1.29, 1.82) is 0 Å². The van der Waals surface area contributed by atoms with Gasteiger partial charge < -0.3 is 4.74 Å². The molecule has 0 N–H and O–H groups in total. The second kappa shape index (κ2) is 5.51. The number of nitrogens with zero attached hydrogens (tertiary/aromatic N) is 1. The molecular weight excluding hydrogens is 266 g/mol. The number of carbonyl (C=O) groups excluding carboxylic acids is 1. The Balaban J connectivity index is 2.00. The molecule has 0 saturated carbocycles. The molecule has 88 valence electrons. The van der Waals surface area contributed by atoms with Crippen LogP contribution < -0.4 is 0 Å². The van der Waals surface area contributed by atoms with Crippen molar-refractivity contribution in [2.45, 2.75) is 10.6 Å². The highest BCUT2D eigenvalue weighted by Gasteiger charge is 2.26. The van der Waals surface area contributed by atoms with Crippen LogP contribution in [0.4, 0.5) is 0 Å². The van der Waals surface area contributed by atoms with E-state index in [4.69, 9.17) is 16.3 Å². The van der Waals surface area contributed by atoms with E-state index in [1.54, 1.807) is 25.1 Å². The lowest BCUT2D eigenvalue weighted by Crippen LogP contribution is -2.28. The molecule has 2 heterocycles. The standard InChI is InChI=1S/C10H12ClNO2S2/c1-14-4-2-3-12-6-8(13)7-5-9(11)15-10(7)16-12/h5H,2-4,6H2,1H3. The first-order valence-electron chi connectivity index (χ1n) is 4.95. The maximum Gasteiger partial charge on any atom is 0.179 e. The average molecular weight is 278 g/mol. The van der Waals surface area contributed by atoms with Gasteiger partial charge in [0.1, 0.15) is 0 Å². The van der Waals surface area contributed by atoms with Gasteiger partial charge in [-0.25, -0.2) is 4.31 Å². The summed E-state index contributed by atoms with van der Waals surface area (Å²) < 4.78 is 8.76. The lowest BCUT2D eigenvalue weighted by Gasteiger charge is -2.23. The molecule has 0 aromatic carbocycles. The van der Waals surface area contributed by atoms with Crippen LogP contribution in [0.25, 0.3) is 0 Å². The summed E-state index contributed by atoms with van der Waals surface area (Å²) in [6, 6.07) is 1.77. The van der Waals surface area contributed by atoms with E-state index in [0.29, 0.717) is 10.9 Å². The van der Waals surface area contributed by atoms with Crippen LogP contribution in [0.3, 0.4) is 0 Å². The van der Waals surface area contributed by atoms with E-state index in [1.807, 2.05) is 0 Å². The Labute approximate surface area is 108 Å². The van der Waals surface area contributed by atoms with E-state index in [0.717, 1.165) is 29.3 Å². The predicted octanol–water partition coefficient (Wildman–Crippen LogP) is 2.94. The molecule has 2 rings (SSSR count). The molecule has 0 spiro atoms. The van der Waals surface area contributed by atoms with Gasteiger partial charge in [0.05, 0.1) is 15.1 Å². The third-order valence-corrected chi connectivity index (χ3v) is 4.74. The van der Waals surface area contributed by atoms with Crippen molar-refractivity contribution < 1.29 is 9.53 Å². The summed E-state index contributed by atoms with van der Waals surface area (Å²) in [6.45, 7) is 2.05. The zero-order valence-electron chi connectivity index (χ0n) is 8.86. The van der Waals surface area contributed by atoms with Crippen LogP contribution in [0.1, 0.15) is 16.8 Å². The van der Waals surface area contributed by atoms with Gasteiger partial charge in [0.15, 0.2) is 5.78 Å². The molecular formula is C10H12ClNO2S2. The number of carbonyl (C=O) groups is 1. The quantitative estimate of drug-likeness (QED) is 0.625. The number of rotatable bonds is 4. The van der Waals surface area contributed by atoms with Gasteiger partial charge in [0, 0.05) is 25.8 Å². The third kappa shape index (κ3) is 2.78. The number of methoxy groups -OCH3 is 1. The fourth-order valence-electron chi connectivity index (χ4n) is 1.51. The number of Topliss-reactive ketones (excluding diaryl/α,β-unsaturated/α-hetero) is 1. The Morgan fingerprint density at radius 2 is 2.44 bits per heavy atom. The van der Waals surface area contributed by atoms with E-state index >= 15 is 0 Å². The predicted molar refractivity (Wildman–Crippen MR) is 67.6 cm³/mol. The van der Waals surface area contributed by atoms with Crippen molar-refractivity contribution in [3.63, 3.8) is 0 Å². The molecule has 0 aliphatic carbocycles. The summed E-state index contributed by atoms with van der Waals surface area (Å²) in [6.07, 6.45) is 0.936. The van der Waals surface area contributed by atoms with Crippen molar-refractivity contribution >= 4 is 40.7 Å². The minimum absolute atomic E-state index is 0.161. The second-order valence-electron chi connectivity index (χ2n) is 3.48. The van der Waals surface area contributed by atoms with Crippen LogP contribution in [-0.4, -0.2) is 36.9 Å². The largest absolute Gasteiger partial charge is 0.385 e. The molecule has 0 amide bonds. The zero-order chi connectivity index (χ0) is 11.5. The van der Waals surface area contributed by atoms with E-state index in [-0.39, 0.29) is 5.78 Å². The highest BCUT2D eigenvalue weighted by atomic mass is 35.5. The van der Waals surface area contributed by atoms with Gasteiger partial charge in [-0.05, 0) is 24.4 Å². The Bertz CT molecular complexity index is 394. The van der Waals surface area contributed by atoms with Crippen molar-refractivity contribution in [3.05, 3.63) is 16.0 Å². The Hall–Kier alpha value is -0.0700. The SMILES string of the molecule is COCCCN1CC(=O)c2cc(Cl)sc2S1. The van der Waals surface area contributed by atoms with E-state index < -0.39 is 0 Å². The van der Waals surface area contributed by atoms with Gasteiger partial charge in [0.25, 0.3) is 0 Å². The third-order valence-electron chi connectivity index (χ3n) is 2.26. The van der Waals surface area contributed by atoms with Gasteiger partial charge in [0.2, 0.25) is 0 Å². The molecule has 0 fully saturated rings. The fourth-order valence-corrected chi connectivity index (χ4v) is 4.27. The molecule has 1 aromatic heterocycles. The molecule has 0 bridgehead atoms. The first kappa shape index (κ1) is 12.4. The molecule has 16 heavy (non-hydrogen) atoms. The average Bonchev–Trinajstić information content (AvgIpc) is 2.60. The van der Waals surface area contributed by atoms with Crippen LogP contribution in [-0.2, 0) is 4.74 Å². The molecule has 0 atom stereocenters. The molecule has 0 saturated heterocycles. The monoisotopic (exact) mass is 277 g/mol. The molecule has 3 nitrogen and oxygen atoms in total. The Morgan fingerprint density at radius 3 is 3.19 bits per heavy atom. The molecule has 1 aliphatic heterocycles. The van der Waals surface area contributed by atoms with Crippen LogP contribution >= 0.6 is 34.9 Å². The first-order valence-corrected chi connectivity index (χ1v) is 6.92. The fraction of sp³-hybridized carbons (Fsp3) is 0.500. The first-order chi connectivity index (χ1) is 7.70. The highest BCUT2D eigenvalue weighted by molar-refractivity contribution is 7.99. The van der Waals surface area contributed by atoms with Crippen molar-refractivity contribution in [1.82, 2.24) is 4.31 Å². The summed E-state index contributed by atoms with van der Waals surface area (Å²) in [5, 5.41) is 0. The topological polar surface area (TPSA) is 29.5 Å². The van der Waals surface area contributed by atoms with E-state index in [1.165, 1.54) is 11.3 Å². The number of ketones is 1. The number of thiophene rings is 1. The number of fused-ring (bicyclic) bond motifs is 1. The van der Waals surface area contributed by atoms with Gasteiger partial charge in [-0.1, -0.05) is 11.6 Å². The smallest absolute Gasteiger partial charge is 0.179 e. The minimum atomic E-state index is 0.161. The normalized spacial score (nSPS) is 16.5. The number of ether oxygens (including phenoxy) is 1. The van der Waals surface area contributed by atoms with Gasteiger partial charge in [-0.15, -0.1) is 11.3 Å². The Kier molecular flexibility index (Phi) is 4.27. The zero-order valence-corrected chi connectivity index (χ0v) is 11.3. The Morgan fingerprint density at radius 1 is 1.62 bits per heavy atom. The maximum atomic E-state index is 11.8. The maximum absolute atomic E-state index is 11.8. The van der Waals surface area contributed by atoms with E-state index in [9.17, 15) is 4.79 Å². The van der Waals surface area contributed by atoms with Crippen LogP contribution in [0, 0.1) is 0 Å². The molecule has 1 aliphatic rings. The van der Waals surface area contributed by atoms with Gasteiger partial charge in [-0.2, -0.15) is 0 Å². The molecule has 0 unspecified atom stereocenters. The second-order valence-corrected chi connectivity index (χ2v) is 6.53.